The average molecular weight is 899 g/mol. The summed E-state index contributed by atoms with van der Waals surface area (Å²) < 4.78 is 0. The summed E-state index contributed by atoms with van der Waals surface area (Å²) in [6.07, 6.45) is 7.75. The normalized spacial score (nSPS) is 6.59. The SMILES string of the molecule is CC.CC.CC.CC.CC=CC#N.CC=CC#N.CC=O.CC=O.C[N+](=O)[O-].C[N+](=O)[O-].C[N+](=O)[O-].C[N+](=O)[O-].c1ccccc1.c1ccccc1.c1ccccc1.c1ccccc1. The van der Waals surface area contributed by atoms with E-state index >= 15 is 0 Å². The third-order valence-corrected chi connectivity index (χ3v) is 3.15. The van der Waals surface area contributed by atoms with E-state index in [1.807, 2.05) is 227 Å². The van der Waals surface area contributed by atoms with Crippen LogP contribution < -0.4 is 0 Å². The van der Waals surface area contributed by atoms with Gasteiger partial charge in [0.1, 0.15) is 12.6 Å². The van der Waals surface area contributed by atoms with Crippen LogP contribution in [0.3, 0.4) is 0 Å². The molecule has 0 unspecified atom stereocenters. The molecule has 16 nitrogen and oxygen atoms in total. The number of carbonyl (C=O) groups is 2. The van der Waals surface area contributed by atoms with Crippen LogP contribution in [0.5, 0.6) is 0 Å². The van der Waals surface area contributed by atoms with Crippen LogP contribution in [0, 0.1) is 63.1 Å². The molecule has 0 aliphatic rings. The Hall–Kier alpha value is -7.72. The minimum atomic E-state index is -0.500. The zero-order chi connectivity index (χ0) is 52.9. The predicted molar refractivity (Wildman–Crippen MR) is 267 cm³/mol. The molecule has 4 aromatic carbocycles. The summed E-state index contributed by atoms with van der Waals surface area (Å²) in [7, 11) is 3.56. The van der Waals surface area contributed by atoms with Crippen molar-refractivity contribution in [3.63, 3.8) is 0 Å². The molecule has 0 N–H and O–H groups in total. The molecule has 16 heteroatoms. The molecule has 0 amide bonds. The Morgan fingerprint density at radius 2 is 0.391 bits per heavy atom. The van der Waals surface area contributed by atoms with Crippen LogP contribution in [-0.2, 0) is 9.59 Å². The van der Waals surface area contributed by atoms with Crippen LogP contribution in [0.4, 0.5) is 0 Å². The maximum Gasteiger partial charge on any atom is 0.194 e. The van der Waals surface area contributed by atoms with Crippen LogP contribution >= 0.6 is 0 Å². The second-order valence-electron chi connectivity index (χ2n) is 8.11. The zero-order valence-corrected chi connectivity index (χ0v) is 41.1. The van der Waals surface area contributed by atoms with Gasteiger partial charge >= 0.3 is 0 Å². The van der Waals surface area contributed by atoms with Gasteiger partial charge in [0.25, 0.3) is 0 Å². The van der Waals surface area contributed by atoms with Gasteiger partial charge in [-0.25, -0.2) is 0 Å². The summed E-state index contributed by atoms with van der Waals surface area (Å²) in [6.45, 7) is 22.5. The number of benzene rings is 4. The minimum absolute atomic E-state index is 0.500. The van der Waals surface area contributed by atoms with Crippen LogP contribution in [0.1, 0.15) is 83.1 Å². The molecule has 4 aromatic rings. The van der Waals surface area contributed by atoms with Gasteiger partial charge in [-0.2, -0.15) is 10.5 Å². The number of hydrogen-bond acceptors (Lipinski definition) is 12. The number of allylic oxidation sites excluding steroid dienone is 4. The highest BCUT2D eigenvalue weighted by atomic mass is 16.6. The molecule has 360 valence electrons. The molecule has 0 aliphatic heterocycles. The van der Waals surface area contributed by atoms with E-state index in [4.69, 9.17) is 60.6 Å². The third kappa shape index (κ3) is 375. The van der Waals surface area contributed by atoms with E-state index in [0.29, 0.717) is 0 Å². The van der Waals surface area contributed by atoms with Gasteiger partial charge in [0.15, 0.2) is 28.2 Å². The number of hydrogen-bond donors (Lipinski definition) is 0. The Kier molecular flexibility index (Phi) is 170. The predicted octanol–water partition coefficient (Wildman–Crippen LogP) is 13.0. The van der Waals surface area contributed by atoms with Crippen LogP contribution in [-0.4, -0.2) is 60.5 Å². The molecule has 0 atom stereocenters. The lowest BCUT2D eigenvalue weighted by atomic mass is 10.4. The fourth-order valence-electron chi connectivity index (χ4n) is 1.69. The summed E-state index contributed by atoms with van der Waals surface area (Å²) in [5.74, 6) is 0. The second-order valence-corrected chi connectivity index (χ2v) is 8.11. The molecule has 0 saturated heterocycles. The van der Waals surface area contributed by atoms with Gasteiger partial charge in [-0.3, -0.25) is 40.5 Å². The first-order valence-corrected chi connectivity index (χ1v) is 19.7. The molecular weight excluding hydrogens is 821 g/mol. The Morgan fingerprint density at radius 3 is 0.406 bits per heavy atom. The van der Waals surface area contributed by atoms with E-state index in [1.54, 1.807) is 12.2 Å². The Balaban J connectivity index is -0.0000000457. The lowest BCUT2D eigenvalue weighted by molar-refractivity contribution is -0.445. The molecule has 0 fully saturated rings. The largest absolute Gasteiger partial charge is 0.304 e. The highest BCUT2D eigenvalue weighted by Crippen LogP contribution is 1.81. The average Bonchev–Trinajstić information content (AvgIpc) is 3.30. The minimum Gasteiger partial charge on any atom is -0.304 e. The molecule has 4 rings (SSSR count). The molecule has 0 heterocycles. The molecule has 0 saturated carbocycles. The highest BCUT2D eigenvalue weighted by molar-refractivity contribution is 5.44. The van der Waals surface area contributed by atoms with Gasteiger partial charge in [-0.05, 0) is 27.7 Å². The van der Waals surface area contributed by atoms with Crippen molar-refractivity contribution >= 4 is 12.6 Å². The monoisotopic (exact) mass is 899 g/mol. The summed E-state index contributed by atoms with van der Waals surface area (Å²) in [4.78, 5) is 50.8. The lowest BCUT2D eigenvalue weighted by Gasteiger charge is -1.69. The highest BCUT2D eigenvalue weighted by Gasteiger charge is 1.61. The maximum atomic E-state index is 8.81. The molecule has 0 spiro atoms. The number of nitro groups is 4. The van der Waals surface area contributed by atoms with Gasteiger partial charge in [0, 0.05) is 31.8 Å². The first kappa shape index (κ1) is 87.7. The maximum absolute atomic E-state index is 8.81. The van der Waals surface area contributed by atoms with Crippen molar-refractivity contribution < 1.29 is 29.3 Å². The Bertz CT molecular complexity index is 1160. The first-order chi connectivity index (χ1) is 30.6. The number of nitriles is 2. The van der Waals surface area contributed by atoms with Crippen LogP contribution in [0.15, 0.2) is 170 Å². The van der Waals surface area contributed by atoms with Crippen molar-refractivity contribution in [1.29, 1.82) is 10.5 Å². The van der Waals surface area contributed by atoms with E-state index in [-0.39, 0.29) is 0 Å². The van der Waals surface area contributed by atoms with Gasteiger partial charge in [0.05, 0.1) is 12.1 Å². The van der Waals surface area contributed by atoms with Crippen LogP contribution in [0.2, 0.25) is 0 Å². The van der Waals surface area contributed by atoms with Crippen molar-refractivity contribution in [3.8, 4) is 12.1 Å². The van der Waals surface area contributed by atoms with Crippen LogP contribution in [0.25, 0.3) is 0 Å². The fraction of sp³-hybridized carbons (Fsp3) is 0.333. The number of nitrogens with zero attached hydrogens (tertiary/aromatic N) is 6. The zero-order valence-electron chi connectivity index (χ0n) is 41.1. The van der Waals surface area contributed by atoms with Crippen molar-refractivity contribution in [2.75, 3.05) is 28.2 Å². The topological polar surface area (TPSA) is 254 Å². The van der Waals surface area contributed by atoms with Gasteiger partial charge < -0.3 is 9.59 Å². The molecule has 0 aromatic heterocycles. The summed E-state index contributed by atoms with van der Waals surface area (Å²) >= 11 is 0. The first-order valence-electron chi connectivity index (χ1n) is 19.7. The van der Waals surface area contributed by atoms with Crippen molar-refractivity contribution in [2.45, 2.75) is 83.1 Å². The van der Waals surface area contributed by atoms with Crippen molar-refractivity contribution in [3.05, 3.63) is 210 Å². The Morgan fingerprint density at radius 1 is 0.328 bits per heavy atom. The van der Waals surface area contributed by atoms with Gasteiger partial charge in [-0.15, -0.1) is 0 Å². The quantitative estimate of drug-likeness (QED) is 0.0691. The summed E-state index contributed by atoms with van der Waals surface area (Å²) in [5, 5.41) is 50.7. The molecule has 64 heavy (non-hydrogen) atoms. The van der Waals surface area contributed by atoms with Crippen molar-refractivity contribution in [1.82, 2.24) is 0 Å². The fourth-order valence-corrected chi connectivity index (χ4v) is 1.69. The second kappa shape index (κ2) is 124. The third-order valence-electron chi connectivity index (χ3n) is 3.15. The van der Waals surface area contributed by atoms with E-state index in [1.165, 1.54) is 26.0 Å². The summed E-state index contributed by atoms with van der Waals surface area (Å²) in [6, 6.07) is 51.7. The number of carbonyl (C=O) groups excluding carboxylic acids is 2. The smallest absolute Gasteiger partial charge is 0.194 e. The van der Waals surface area contributed by atoms with Crippen molar-refractivity contribution in [2.24, 2.45) is 0 Å². The number of rotatable bonds is 0. The molecule has 0 aliphatic carbocycles. The van der Waals surface area contributed by atoms with Gasteiger partial charge in [0.2, 0.25) is 0 Å². The number of aldehydes is 2. The van der Waals surface area contributed by atoms with E-state index in [2.05, 4.69) is 0 Å². The van der Waals surface area contributed by atoms with Gasteiger partial charge in [-0.1, -0.05) is 213 Å². The molecule has 0 radical (unpaired) electrons. The molecule has 0 bridgehead atoms. The van der Waals surface area contributed by atoms with E-state index in [0.717, 1.165) is 40.8 Å². The standard InChI is InChI=1S/4C6H6.2C4H5N.2C2H4O.4C2H6.4CH3NO2/c4*1-2-4-6-5-3-1;2*1-2-3-4-5;2*1-2-3;4*1-2;4*1-2(3)4/h4*1-6H;2*2-3H,1H3;2*2H,1H3;4*1-2H3;4*1H3. The molecular formula is C48H78N6O10. The van der Waals surface area contributed by atoms with E-state index in [9.17, 15) is 0 Å². The lowest BCUT2D eigenvalue weighted by Crippen LogP contribution is -1.79. The Labute approximate surface area is 385 Å². The summed E-state index contributed by atoms with van der Waals surface area (Å²) in [5.41, 5.74) is 0. The van der Waals surface area contributed by atoms with E-state index < -0.39 is 19.7 Å².